The topological polar surface area (TPSA) is 63.9 Å². The van der Waals surface area contributed by atoms with Crippen molar-refractivity contribution < 1.29 is 27.2 Å². The van der Waals surface area contributed by atoms with Crippen LogP contribution in [0.4, 0.5) is 13.2 Å². The number of hydrogen-bond donors (Lipinski definition) is 0. The van der Waals surface area contributed by atoms with Crippen LogP contribution in [0.25, 0.3) is 11.4 Å². The number of methoxy groups -OCH3 is 2. The number of alkyl halides is 3. The molecule has 10 heteroatoms. The lowest BCUT2D eigenvalue weighted by atomic mass is 10.1. The van der Waals surface area contributed by atoms with Crippen LogP contribution in [0, 0.1) is 0 Å². The maximum Gasteiger partial charge on any atom is 0.416 e. The molecular weight excluding hydrogens is 449 g/mol. The molecule has 2 heterocycles. The highest BCUT2D eigenvalue weighted by molar-refractivity contribution is 5.55. The summed E-state index contributed by atoms with van der Waals surface area (Å²) < 4.78 is 55.1. The Balaban J connectivity index is 1.36. The van der Waals surface area contributed by atoms with Crippen molar-refractivity contribution in [3.63, 3.8) is 0 Å². The minimum Gasteiger partial charge on any atom is -0.493 e. The highest BCUT2D eigenvalue weighted by Gasteiger charge is 2.31. The van der Waals surface area contributed by atoms with E-state index in [1.807, 2.05) is 25.1 Å². The third-order valence-corrected chi connectivity index (χ3v) is 6.06. The number of rotatable bonds is 7. The zero-order valence-corrected chi connectivity index (χ0v) is 19.3. The summed E-state index contributed by atoms with van der Waals surface area (Å²) in [6, 6.07) is 10.7. The monoisotopic (exact) mass is 476 g/mol. The largest absolute Gasteiger partial charge is 0.493 e. The molecule has 34 heavy (non-hydrogen) atoms. The lowest BCUT2D eigenvalue weighted by molar-refractivity contribution is -0.137. The molecular formula is C24H27F3N4O3. The van der Waals surface area contributed by atoms with Crippen LogP contribution >= 0.6 is 0 Å². The Morgan fingerprint density at radius 3 is 2.41 bits per heavy atom. The molecule has 1 fully saturated rings. The smallest absolute Gasteiger partial charge is 0.416 e. The summed E-state index contributed by atoms with van der Waals surface area (Å²) in [7, 11) is 3.24. The molecule has 0 saturated carbocycles. The second-order valence-corrected chi connectivity index (χ2v) is 8.21. The summed E-state index contributed by atoms with van der Waals surface area (Å²) in [5, 5.41) is 3.91. The maximum atomic E-state index is 13.0. The zero-order chi connectivity index (χ0) is 24.3. The van der Waals surface area contributed by atoms with Crippen LogP contribution in [-0.4, -0.2) is 60.3 Å². The van der Waals surface area contributed by atoms with Gasteiger partial charge in [0.2, 0.25) is 11.7 Å². The summed E-state index contributed by atoms with van der Waals surface area (Å²) in [6.45, 7) is 6.07. The van der Waals surface area contributed by atoms with Gasteiger partial charge in [-0.2, -0.15) is 18.2 Å². The van der Waals surface area contributed by atoms with E-state index in [1.54, 1.807) is 20.3 Å². The zero-order valence-electron chi connectivity index (χ0n) is 19.3. The summed E-state index contributed by atoms with van der Waals surface area (Å²) in [4.78, 5) is 8.96. The number of halogens is 3. The van der Waals surface area contributed by atoms with E-state index in [9.17, 15) is 13.2 Å². The van der Waals surface area contributed by atoms with Crippen molar-refractivity contribution in [3.8, 4) is 22.9 Å². The van der Waals surface area contributed by atoms with Crippen molar-refractivity contribution >= 4 is 0 Å². The molecule has 0 N–H and O–H groups in total. The first-order chi connectivity index (χ1) is 16.3. The summed E-state index contributed by atoms with van der Waals surface area (Å²) in [5.74, 6) is 1.95. The molecule has 2 aromatic carbocycles. The first-order valence-corrected chi connectivity index (χ1v) is 11.0. The molecule has 3 aromatic rings. The van der Waals surface area contributed by atoms with E-state index in [4.69, 9.17) is 14.0 Å². The van der Waals surface area contributed by atoms with Gasteiger partial charge in [-0.05, 0) is 36.8 Å². The van der Waals surface area contributed by atoms with E-state index in [0.29, 0.717) is 17.4 Å². The van der Waals surface area contributed by atoms with Gasteiger partial charge in [0.1, 0.15) is 0 Å². The Bertz CT molecular complexity index is 1110. The molecule has 1 aliphatic heterocycles. The minimum absolute atomic E-state index is 0.143. The van der Waals surface area contributed by atoms with Gasteiger partial charge >= 0.3 is 6.18 Å². The van der Waals surface area contributed by atoms with Gasteiger partial charge in [0.05, 0.1) is 25.8 Å². The number of nitrogens with zero attached hydrogens (tertiary/aromatic N) is 4. The van der Waals surface area contributed by atoms with Crippen molar-refractivity contribution in [1.82, 2.24) is 19.9 Å². The average molecular weight is 476 g/mol. The van der Waals surface area contributed by atoms with Gasteiger partial charge in [-0.1, -0.05) is 23.4 Å². The van der Waals surface area contributed by atoms with Crippen molar-refractivity contribution in [2.75, 3.05) is 40.4 Å². The van der Waals surface area contributed by atoms with Gasteiger partial charge < -0.3 is 14.0 Å². The van der Waals surface area contributed by atoms with E-state index in [2.05, 4.69) is 19.9 Å². The van der Waals surface area contributed by atoms with E-state index in [-0.39, 0.29) is 17.4 Å². The molecule has 1 atom stereocenters. The van der Waals surface area contributed by atoms with Crippen LogP contribution < -0.4 is 9.47 Å². The van der Waals surface area contributed by atoms with Crippen LogP contribution in [-0.2, 0) is 12.7 Å². The number of aromatic nitrogens is 2. The van der Waals surface area contributed by atoms with E-state index in [0.717, 1.165) is 50.4 Å². The minimum atomic E-state index is -4.42. The van der Waals surface area contributed by atoms with Crippen LogP contribution in [0.2, 0.25) is 0 Å². The highest BCUT2D eigenvalue weighted by Crippen LogP contribution is 2.32. The fourth-order valence-corrected chi connectivity index (χ4v) is 4.06. The number of hydrogen-bond acceptors (Lipinski definition) is 7. The standard InChI is InChI=1S/C24H27F3N4O3/c1-16(23-28-22(29-34-23)18-5-4-6-19(14-18)24(25,26)27)31-11-9-30(10-12-31)15-17-7-8-20(32-2)21(13-17)33-3/h4-8,13-14,16H,9-12,15H2,1-3H3. The van der Waals surface area contributed by atoms with Crippen LogP contribution in [0.15, 0.2) is 47.0 Å². The van der Waals surface area contributed by atoms with Gasteiger partial charge in [-0.15, -0.1) is 0 Å². The third-order valence-electron chi connectivity index (χ3n) is 6.06. The molecule has 1 saturated heterocycles. The molecule has 0 aliphatic carbocycles. The Labute approximate surface area is 196 Å². The fraction of sp³-hybridized carbons (Fsp3) is 0.417. The average Bonchev–Trinajstić information content (AvgIpc) is 3.34. The van der Waals surface area contributed by atoms with E-state index in [1.165, 1.54) is 6.07 Å². The second kappa shape index (κ2) is 10.0. The summed E-state index contributed by atoms with van der Waals surface area (Å²) in [5.41, 5.74) is 0.675. The Kier molecular flexibility index (Phi) is 7.08. The normalized spacial score (nSPS) is 16.4. The molecule has 1 unspecified atom stereocenters. The molecule has 1 aliphatic rings. The van der Waals surface area contributed by atoms with Gasteiger partial charge in [0.15, 0.2) is 11.5 Å². The lowest BCUT2D eigenvalue weighted by Crippen LogP contribution is -2.46. The van der Waals surface area contributed by atoms with E-state index >= 15 is 0 Å². The molecule has 182 valence electrons. The molecule has 1 aromatic heterocycles. The SMILES string of the molecule is COc1ccc(CN2CCN(C(C)c3nc(-c4cccc(C(F)(F)F)c4)no3)CC2)cc1OC. The molecule has 0 spiro atoms. The third kappa shape index (κ3) is 5.34. The Morgan fingerprint density at radius 2 is 1.74 bits per heavy atom. The maximum absolute atomic E-state index is 13.0. The van der Waals surface area contributed by atoms with Gasteiger partial charge in [0.25, 0.3) is 0 Å². The first-order valence-electron chi connectivity index (χ1n) is 11.0. The van der Waals surface area contributed by atoms with E-state index < -0.39 is 11.7 Å². The van der Waals surface area contributed by atoms with Gasteiger partial charge in [-0.3, -0.25) is 9.80 Å². The predicted molar refractivity (Wildman–Crippen MR) is 120 cm³/mol. The molecule has 4 rings (SSSR count). The summed E-state index contributed by atoms with van der Waals surface area (Å²) in [6.07, 6.45) is -4.42. The van der Waals surface area contributed by atoms with Crippen molar-refractivity contribution in [2.24, 2.45) is 0 Å². The molecule has 0 amide bonds. The van der Waals surface area contributed by atoms with Crippen LogP contribution in [0.3, 0.4) is 0 Å². The van der Waals surface area contributed by atoms with Gasteiger partial charge in [0, 0.05) is 38.3 Å². The second-order valence-electron chi connectivity index (χ2n) is 8.21. The van der Waals surface area contributed by atoms with Crippen molar-refractivity contribution in [1.29, 1.82) is 0 Å². The molecule has 0 bridgehead atoms. The quantitative estimate of drug-likeness (QED) is 0.492. The molecule has 7 nitrogen and oxygen atoms in total. The Hall–Kier alpha value is -3.11. The highest BCUT2D eigenvalue weighted by atomic mass is 19.4. The van der Waals surface area contributed by atoms with Crippen LogP contribution in [0.5, 0.6) is 11.5 Å². The number of ether oxygens (including phenoxy) is 2. The van der Waals surface area contributed by atoms with Crippen LogP contribution in [0.1, 0.15) is 30.0 Å². The fourth-order valence-electron chi connectivity index (χ4n) is 4.06. The number of piperazine rings is 1. The predicted octanol–water partition coefficient (Wildman–Crippen LogP) is 4.65. The first kappa shape index (κ1) is 24.0. The van der Waals surface area contributed by atoms with Crippen molar-refractivity contribution in [3.05, 3.63) is 59.5 Å². The van der Waals surface area contributed by atoms with Gasteiger partial charge in [-0.25, -0.2) is 0 Å². The van der Waals surface area contributed by atoms with Crippen molar-refractivity contribution in [2.45, 2.75) is 25.7 Å². The summed E-state index contributed by atoms with van der Waals surface area (Å²) >= 11 is 0. The lowest BCUT2D eigenvalue weighted by Gasteiger charge is -2.36. The molecule has 0 radical (unpaired) electrons. The Morgan fingerprint density at radius 1 is 1.00 bits per heavy atom. The number of benzene rings is 2.